The SMILES string of the molecule is CC(C)(C)OC(=O)NC(CCCCN)C(=O)Nc1ccc(CC(=O)[O-])cc1.Cl. The van der Waals surface area contributed by atoms with E-state index < -0.39 is 23.7 Å². The van der Waals surface area contributed by atoms with E-state index in [9.17, 15) is 19.5 Å². The normalized spacial score (nSPS) is 11.7. The van der Waals surface area contributed by atoms with E-state index in [1.165, 1.54) is 0 Å². The molecule has 2 amide bonds. The van der Waals surface area contributed by atoms with Crippen LogP contribution in [0.4, 0.5) is 10.5 Å². The molecule has 0 aliphatic heterocycles. The Labute approximate surface area is 171 Å². The molecule has 0 bridgehead atoms. The molecule has 8 nitrogen and oxygen atoms in total. The van der Waals surface area contributed by atoms with Gasteiger partial charge in [-0.15, -0.1) is 12.4 Å². The molecular formula is C19H29ClN3O5-. The lowest BCUT2D eigenvalue weighted by Crippen LogP contribution is -2.45. The highest BCUT2D eigenvalue weighted by molar-refractivity contribution is 5.96. The number of alkyl carbamates (subject to hydrolysis) is 1. The van der Waals surface area contributed by atoms with Crippen molar-refractivity contribution in [2.24, 2.45) is 5.73 Å². The van der Waals surface area contributed by atoms with Crippen molar-refractivity contribution in [1.29, 1.82) is 0 Å². The van der Waals surface area contributed by atoms with Crippen LogP contribution < -0.4 is 21.5 Å². The van der Waals surface area contributed by atoms with Crippen molar-refractivity contribution in [1.82, 2.24) is 5.32 Å². The third kappa shape index (κ3) is 10.7. The number of nitrogens with two attached hydrogens (primary N) is 1. The van der Waals surface area contributed by atoms with E-state index in [0.717, 1.165) is 6.42 Å². The maximum atomic E-state index is 12.6. The fourth-order valence-electron chi connectivity index (χ4n) is 2.31. The number of halogens is 1. The van der Waals surface area contributed by atoms with Crippen molar-refractivity contribution in [3.63, 3.8) is 0 Å². The molecule has 1 aromatic carbocycles. The minimum absolute atomic E-state index is 0. The fourth-order valence-corrected chi connectivity index (χ4v) is 2.31. The predicted octanol–water partition coefficient (Wildman–Crippen LogP) is 1.36. The van der Waals surface area contributed by atoms with Gasteiger partial charge >= 0.3 is 6.09 Å². The number of carboxylic acid groups (broad SMARTS) is 1. The lowest BCUT2D eigenvalue weighted by atomic mass is 10.1. The van der Waals surface area contributed by atoms with Crippen molar-refractivity contribution in [3.8, 4) is 0 Å². The quantitative estimate of drug-likeness (QED) is 0.522. The van der Waals surface area contributed by atoms with Crippen LogP contribution in [-0.2, 0) is 20.7 Å². The lowest BCUT2D eigenvalue weighted by Gasteiger charge is -2.23. The summed E-state index contributed by atoms with van der Waals surface area (Å²) >= 11 is 0. The molecule has 0 aromatic heterocycles. The van der Waals surface area contributed by atoms with E-state index in [1.54, 1.807) is 45.0 Å². The molecule has 1 aromatic rings. The fraction of sp³-hybridized carbons (Fsp3) is 0.526. The number of benzene rings is 1. The number of aliphatic carboxylic acids is 1. The summed E-state index contributed by atoms with van der Waals surface area (Å²) in [4.78, 5) is 35.2. The summed E-state index contributed by atoms with van der Waals surface area (Å²) in [5, 5.41) is 15.9. The van der Waals surface area contributed by atoms with E-state index in [2.05, 4.69) is 10.6 Å². The summed E-state index contributed by atoms with van der Waals surface area (Å²) in [5.41, 5.74) is 5.89. The molecule has 1 unspecified atom stereocenters. The smallest absolute Gasteiger partial charge is 0.408 e. The van der Waals surface area contributed by atoms with Gasteiger partial charge in [0.2, 0.25) is 5.91 Å². The number of hydrogen-bond acceptors (Lipinski definition) is 6. The topological polar surface area (TPSA) is 134 Å². The van der Waals surface area contributed by atoms with E-state index in [-0.39, 0.29) is 24.7 Å². The number of carbonyl (C=O) groups excluding carboxylic acids is 3. The van der Waals surface area contributed by atoms with Crippen molar-refractivity contribution < 1.29 is 24.2 Å². The van der Waals surface area contributed by atoms with Crippen LogP contribution in [0.25, 0.3) is 0 Å². The molecule has 158 valence electrons. The third-order valence-electron chi connectivity index (χ3n) is 3.52. The molecule has 0 radical (unpaired) electrons. The summed E-state index contributed by atoms with van der Waals surface area (Å²) in [6.07, 6.45) is 0.966. The van der Waals surface area contributed by atoms with Crippen LogP contribution in [0.5, 0.6) is 0 Å². The highest BCUT2D eigenvalue weighted by atomic mass is 35.5. The zero-order valence-electron chi connectivity index (χ0n) is 16.4. The molecule has 0 saturated carbocycles. The summed E-state index contributed by atoms with van der Waals surface area (Å²) < 4.78 is 5.21. The van der Waals surface area contributed by atoms with Gasteiger partial charge < -0.3 is 31.0 Å². The van der Waals surface area contributed by atoms with Gasteiger partial charge in [0.25, 0.3) is 0 Å². The highest BCUT2D eigenvalue weighted by Gasteiger charge is 2.24. The Morgan fingerprint density at radius 2 is 1.75 bits per heavy atom. The molecule has 1 atom stereocenters. The number of rotatable bonds is 9. The number of ether oxygens (including phenoxy) is 1. The van der Waals surface area contributed by atoms with Crippen LogP contribution in [0.15, 0.2) is 24.3 Å². The van der Waals surface area contributed by atoms with Gasteiger partial charge in [0.15, 0.2) is 0 Å². The number of hydrogen-bond donors (Lipinski definition) is 3. The molecule has 28 heavy (non-hydrogen) atoms. The van der Waals surface area contributed by atoms with E-state index >= 15 is 0 Å². The highest BCUT2D eigenvalue weighted by Crippen LogP contribution is 2.13. The summed E-state index contributed by atoms with van der Waals surface area (Å²) in [6.45, 7) is 5.72. The van der Waals surface area contributed by atoms with E-state index in [0.29, 0.717) is 30.6 Å². The second kappa shape index (κ2) is 12.2. The standard InChI is InChI=1S/C19H29N3O5.ClH/c1-19(2,3)27-18(26)22-15(6-4-5-11-20)17(25)21-14-9-7-13(8-10-14)12-16(23)24;/h7-10,15H,4-6,11-12,20H2,1-3H3,(H,21,25)(H,22,26)(H,23,24);1H/p-1. The lowest BCUT2D eigenvalue weighted by molar-refractivity contribution is -0.304. The number of amides is 2. The van der Waals surface area contributed by atoms with Crippen molar-refractivity contribution >= 4 is 36.1 Å². The summed E-state index contributed by atoms with van der Waals surface area (Å²) in [6, 6.07) is 5.61. The maximum Gasteiger partial charge on any atom is 0.408 e. The molecular weight excluding hydrogens is 386 g/mol. The Bertz CT molecular complexity index is 644. The van der Waals surface area contributed by atoms with Gasteiger partial charge in [-0.05, 0) is 64.3 Å². The van der Waals surface area contributed by atoms with Gasteiger partial charge in [-0.3, -0.25) is 4.79 Å². The first-order valence-corrected chi connectivity index (χ1v) is 8.90. The van der Waals surface area contributed by atoms with Gasteiger partial charge in [-0.1, -0.05) is 12.1 Å². The van der Waals surface area contributed by atoms with Crippen LogP contribution in [-0.4, -0.2) is 36.2 Å². The van der Waals surface area contributed by atoms with Gasteiger partial charge in [0.05, 0.1) is 0 Å². The largest absolute Gasteiger partial charge is 0.550 e. The molecule has 9 heteroatoms. The van der Waals surface area contributed by atoms with E-state index in [1.807, 2.05) is 0 Å². The van der Waals surface area contributed by atoms with E-state index in [4.69, 9.17) is 10.5 Å². The average molecular weight is 415 g/mol. The molecule has 0 aliphatic rings. The minimum atomic E-state index is -1.17. The monoisotopic (exact) mass is 414 g/mol. The van der Waals surface area contributed by atoms with Gasteiger partial charge in [0.1, 0.15) is 11.6 Å². The van der Waals surface area contributed by atoms with Crippen LogP contribution in [0, 0.1) is 0 Å². The molecule has 0 saturated heterocycles. The molecule has 1 rings (SSSR count). The van der Waals surface area contributed by atoms with Gasteiger partial charge in [0, 0.05) is 18.1 Å². The Morgan fingerprint density at radius 1 is 1.14 bits per heavy atom. The third-order valence-corrected chi connectivity index (χ3v) is 3.52. The molecule has 4 N–H and O–H groups in total. The van der Waals surface area contributed by atoms with Crippen molar-refractivity contribution in [3.05, 3.63) is 29.8 Å². The minimum Gasteiger partial charge on any atom is -0.550 e. The molecule has 0 spiro atoms. The van der Waals surface area contributed by atoms with Crippen molar-refractivity contribution in [2.75, 3.05) is 11.9 Å². The number of carbonyl (C=O) groups is 3. The zero-order chi connectivity index (χ0) is 20.4. The van der Waals surface area contributed by atoms with Gasteiger partial charge in [-0.25, -0.2) is 4.79 Å². The van der Waals surface area contributed by atoms with Crippen LogP contribution >= 0.6 is 12.4 Å². The summed E-state index contributed by atoms with van der Waals surface area (Å²) in [5.74, 6) is -1.56. The number of unbranched alkanes of at least 4 members (excludes halogenated alkanes) is 1. The summed E-state index contributed by atoms with van der Waals surface area (Å²) in [7, 11) is 0. The van der Waals surface area contributed by atoms with Crippen LogP contribution in [0.3, 0.4) is 0 Å². The Morgan fingerprint density at radius 3 is 2.25 bits per heavy atom. The first-order valence-electron chi connectivity index (χ1n) is 8.90. The first kappa shape index (κ1) is 25.7. The van der Waals surface area contributed by atoms with Gasteiger partial charge in [-0.2, -0.15) is 0 Å². The van der Waals surface area contributed by atoms with Crippen LogP contribution in [0.1, 0.15) is 45.6 Å². The Hall–Kier alpha value is -2.32. The molecule has 0 fully saturated rings. The maximum absolute atomic E-state index is 12.6. The number of carboxylic acids is 1. The Kier molecular flexibility index (Phi) is 11.2. The zero-order valence-corrected chi connectivity index (χ0v) is 17.3. The average Bonchev–Trinajstić information content (AvgIpc) is 2.53. The predicted molar refractivity (Wildman–Crippen MR) is 107 cm³/mol. The van der Waals surface area contributed by atoms with Crippen LogP contribution in [0.2, 0.25) is 0 Å². The molecule has 0 heterocycles. The first-order chi connectivity index (χ1) is 12.6. The molecule has 0 aliphatic carbocycles. The second-order valence-corrected chi connectivity index (χ2v) is 7.22. The second-order valence-electron chi connectivity index (χ2n) is 7.22. The van der Waals surface area contributed by atoms with Crippen molar-refractivity contribution in [2.45, 2.75) is 58.1 Å². The number of anilines is 1. The Balaban J connectivity index is 0.00000729. The number of nitrogens with one attached hydrogen (secondary N) is 2.